The lowest BCUT2D eigenvalue weighted by molar-refractivity contribution is 0.392. The fourth-order valence-corrected chi connectivity index (χ4v) is 4.47. The van der Waals surface area contributed by atoms with E-state index in [0.29, 0.717) is 25.5 Å². The van der Waals surface area contributed by atoms with Crippen LogP contribution < -0.4 is 0 Å². The summed E-state index contributed by atoms with van der Waals surface area (Å²) in [6, 6.07) is 5.66. The van der Waals surface area contributed by atoms with Crippen LogP contribution in [0.1, 0.15) is 24.4 Å². The summed E-state index contributed by atoms with van der Waals surface area (Å²) in [5.41, 5.74) is 0.770. The molecule has 0 N–H and O–H groups in total. The highest BCUT2D eigenvalue weighted by Crippen LogP contribution is 2.36. The minimum absolute atomic E-state index is 0.304. The second-order valence-electron chi connectivity index (χ2n) is 5.13. The quantitative estimate of drug-likeness (QED) is 0.872. The van der Waals surface area contributed by atoms with Crippen molar-refractivity contribution in [1.29, 1.82) is 0 Å². The van der Waals surface area contributed by atoms with Gasteiger partial charge in [0.1, 0.15) is 16.5 Å². The summed E-state index contributed by atoms with van der Waals surface area (Å²) in [6.07, 6.45) is 4.55. The number of nitrogens with zero attached hydrogens (tertiary/aromatic N) is 2. The Labute approximate surface area is 127 Å². The first-order valence-corrected chi connectivity index (χ1v) is 8.31. The minimum atomic E-state index is -4.02. The van der Waals surface area contributed by atoms with Crippen LogP contribution in [-0.4, -0.2) is 24.3 Å². The van der Waals surface area contributed by atoms with Gasteiger partial charge in [0.2, 0.25) is 10.0 Å². The van der Waals surface area contributed by atoms with E-state index in [-0.39, 0.29) is 6.04 Å². The Balaban J connectivity index is 2.01. The molecule has 0 aliphatic carbocycles. The van der Waals surface area contributed by atoms with Crippen LogP contribution in [0.15, 0.2) is 47.6 Å². The van der Waals surface area contributed by atoms with Crippen molar-refractivity contribution in [3.63, 3.8) is 0 Å². The topological polar surface area (TPSA) is 50.3 Å². The fraction of sp³-hybridized carbons (Fsp3) is 0.267. The van der Waals surface area contributed by atoms with E-state index in [4.69, 9.17) is 0 Å². The molecule has 2 heterocycles. The van der Waals surface area contributed by atoms with Crippen molar-refractivity contribution in [2.75, 3.05) is 6.54 Å². The summed E-state index contributed by atoms with van der Waals surface area (Å²) >= 11 is 0. The Morgan fingerprint density at radius 2 is 2.05 bits per heavy atom. The number of benzene rings is 1. The number of hydrogen-bond acceptors (Lipinski definition) is 3. The first kappa shape index (κ1) is 15.1. The molecule has 4 nitrogen and oxygen atoms in total. The summed E-state index contributed by atoms with van der Waals surface area (Å²) in [6.45, 7) is 0.304. The van der Waals surface area contributed by atoms with Gasteiger partial charge in [0.05, 0.1) is 6.04 Å². The average molecular weight is 324 g/mol. The molecule has 1 fully saturated rings. The Bertz CT molecular complexity index is 781. The van der Waals surface area contributed by atoms with Crippen LogP contribution in [0.25, 0.3) is 0 Å². The Morgan fingerprint density at radius 3 is 2.73 bits per heavy atom. The van der Waals surface area contributed by atoms with Crippen LogP contribution in [-0.2, 0) is 10.0 Å². The number of halogens is 2. The molecule has 2 aromatic rings. The smallest absolute Gasteiger partial charge is 0.246 e. The molecule has 0 bridgehead atoms. The van der Waals surface area contributed by atoms with Crippen molar-refractivity contribution >= 4 is 10.0 Å². The third kappa shape index (κ3) is 2.62. The van der Waals surface area contributed by atoms with Gasteiger partial charge >= 0.3 is 0 Å². The lowest BCUT2D eigenvalue weighted by Gasteiger charge is -2.24. The molecule has 1 unspecified atom stereocenters. The maximum atomic E-state index is 13.9. The zero-order valence-electron chi connectivity index (χ0n) is 11.6. The number of hydrogen-bond donors (Lipinski definition) is 0. The lowest BCUT2D eigenvalue weighted by Crippen LogP contribution is -2.31. The van der Waals surface area contributed by atoms with E-state index in [0.717, 1.165) is 17.7 Å². The number of aromatic nitrogens is 1. The normalized spacial score (nSPS) is 19.5. The maximum Gasteiger partial charge on any atom is 0.246 e. The van der Waals surface area contributed by atoms with E-state index in [1.54, 1.807) is 24.5 Å². The SMILES string of the molecule is O=S(=O)(c1ccc(F)cc1F)N1CCCC1c1cccnc1. The highest BCUT2D eigenvalue weighted by molar-refractivity contribution is 7.89. The molecule has 1 aromatic carbocycles. The Hall–Kier alpha value is -1.86. The Morgan fingerprint density at radius 1 is 1.23 bits per heavy atom. The third-order valence-electron chi connectivity index (χ3n) is 3.75. The number of rotatable bonds is 3. The molecule has 0 spiro atoms. The van der Waals surface area contributed by atoms with Gasteiger partial charge in [-0.1, -0.05) is 6.07 Å². The molecular formula is C15H14F2N2O2S. The number of pyridine rings is 1. The first-order chi connectivity index (χ1) is 10.5. The van der Waals surface area contributed by atoms with Gasteiger partial charge in [0.25, 0.3) is 0 Å². The van der Waals surface area contributed by atoms with Crippen molar-refractivity contribution in [2.24, 2.45) is 0 Å². The molecule has 3 rings (SSSR count). The van der Waals surface area contributed by atoms with E-state index in [9.17, 15) is 17.2 Å². The molecule has 22 heavy (non-hydrogen) atoms. The predicted octanol–water partition coefficient (Wildman–Crippen LogP) is 2.89. The van der Waals surface area contributed by atoms with Gasteiger partial charge in [-0.05, 0) is 36.6 Å². The van der Waals surface area contributed by atoms with Crippen molar-refractivity contribution in [3.8, 4) is 0 Å². The van der Waals surface area contributed by atoms with Crippen molar-refractivity contribution < 1.29 is 17.2 Å². The summed E-state index contributed by atoms with van der Waals surface area (Å²) in [5.74, 6) is -1.88. The van der Waals surface area contributed by atoms with E-state index in [1.807, 2.05) is 0 Å². The monoisotopic (exact) mass is 324 g/mol. The summed E-state index contributed by atoms with van der Waals surface area (Å²) in [4.78, 5) is 3.51. The molecule has 7 heteroatoms. The third-order valence-corrected chi connectivity index (χ3v) is 5.69. The Kier molecular flexibility index (Phi) is 3.92. The molecule has 0 amide bonds. The summed E-state index contributed by atoms with van der Waals surface area (Å²) in [5, 5.41) is 0. The van der Waals surface area contributed by atoms with Crippen molar-refractivity contribution in [1.82, 2.24) is 9.29 Å². The van der Waals surface area contributed by atoms with Gasteiger partial charge in [-0.3, -0.25) is 4.98 Å². The molecule has 1 aromatic heterocycles. The van der Waals surface area contributed by atoms with Crippen LogP contribution >= 0.6 is 0 Å². The maximum absolute atomic E-state index is 13.9. The van der Waals surface area contributed by atoms with Gasteiger partial charge in [-0.2, -0.15) is 4.31 Å². The van der Waals surface area contributed by atoms with Gasteiger partial charge in [-0.15, -0.1) is 0 Å². The molecule has 1 saturated heterocycles. The van der Waals surface area contributed by atoms with Crippen molar-refractivity contribution in [2.45, 2.75) is 23.8 Å². The highest BCUT2D eigenvalue weighted by Gasteiger charge is 2.37. The van der Waals surface area contributed by atoms with E-state index < -0.39 is 26.6 Å². The number of sulfonamides is 1. The van der Waals surface area contributed by atoms with Gasteiger partial charge in [0.15, 0.2) is 0 Å². The summed E-state index contributed by atoms with van der Waals surface area (Å²) in [7, 11) is -4.02. The van der Waals surface area contributed by atoms with E-state index in [2.05, 4.69) is 4.98 Å². The standard InChI is InChI=1S/C15H14F2N2O2S/c16-12-5-6-15(13(17)9-12)22(20,21)19-8-2-4-14(19)11-3-1-7-18-10-11/h1,3,5-7,9-10,14H,2,4,8H2. The minimum Gasteiger partial charge on any atom is -0.264 e. The van der Waals surface area contributed by atoms with E-state index >= 15 is 0 Å². The fourth-order valence-electron chi connectivity index (χ4n) is 2.74. The zero-order chi connectivity index (χ0) is 15.7. The zero-order valence-corrected chi connectivity index (χ0v) is 12.4. The average Bonchev–Trinajstić information content (AvgIpc) is 2.98. The molecule has 0 radical (unpaired) electrons. The van der Waals surface area contributed by atoms with Crippen LogP contribution in [0.2, 0.25) is 0 Å². The first-order valence-electron chi connectivity index (χ1n) is 6.87. The second-order valence-corrected chi connectivity index (χ2v) is 6.99. The van der Waals surface area contributed by atoms with Gasteiger partial charge < -0.3 is 0 Å². The molecule has 1 aliphatic rings. The van der Waals surface area contributed by atoms with Gasteiger partial charge in [0, 0.05) is 25.0 Å². The predicted molar refractivity (Wildman–Crippen MR) is 76.5 cm³/mol. The van der Waals surface area contributed by atoms with E-state index in [1.165, 1.54) is 4.31 Å². The molecule has 0 saturated carbocycles. The summed E-state index contributed by atoms with van der Waals surface area (Å²) < 4.78 is 53.5. The molecule has 116 valence electrons. The molecule has 1 aliphatic heterocycles. The largest absolute Gasteiger partial charge is 0.264 e. The second kappa shape index (κ2) is 5.73. The van der Waals surface area contributed by atoms with Crippen molar-refractivity contribution in [3.05, 3.63) is 59.9 Å². The highest BCUT2D eigenvalue weighted by atomic mass is 32.2. The van der Waals surface area contributed by atoms with Crippen LogP contribution in [0, 0.1) is 11.6 Å². The lowest BCUT2D eigenvalue weighted by atomic mass is 10.1. The van der Waals surface area contributed by atoms with Crippen LogP contribution in [0.5, 0.6) is 0 Å². The van der Waals surface area contributed by atoms with Gasteiger partial charge in [-0.25, -0.2) is 17.2 Å². The van der Waals surface area contributed by atoms with Crippen LogP contribution in [0.4, 0.5) is 8.78 Å². The van der Waals surface area contributed by atoms with Crippen LogP contribution in [0.3, 0.4) is 0 Å². The molecule has 1 atom stereocenters. The molecular weight excluding hydrogens is 310 g/mol.